The van der Waals surface area contributed by atoms with Gasteiger partial charge in [-0.15, -0.1) is 0 Å². The van der Waals surface area contributed by atoms with Gasteiger partial charge in [0.05, 0.1) is 23.0 Å². The minimum atomic E-state index is -0.507. The summed E-state index contributed by atoms with van der Waals surface area (Å²) in [7, 11) is 4.02. The van der Waals surface area contributed by atoms with E-state index in [1.54, 1.807) is 12.1 Å². The molecule has 1 aliphatic heterocycles. The molecule has 7 heteroatoms. The highest BCUT2D eigenvalue weighted by Crippen LogP contribution is 2.46. The second-order valence-corrected chi connectivity index (χ2v) is 8.45. The smallest absolute Gasteiger partial charge is 0.272 e. The number of hydrogen-bond donors (Lipinski definition) is 2. The maximum absolute atomic E-state index is 14.3. The highest BCUT2D eigenvalue weighted by molar-refractivity contribution is 5.97. The summed E-state index contributed by atoms with van der Waals surface area (Å²) in [5.74, 6) is -1.11. The van der Waals surface area contributed by atoms with Crippen molar-refractivity contribution in [1.82, 2.24) is 15.1 Å². The summed E-state index contributed by atoms with van der Waals surface area (Å²) >= 11 is 0. The van der Waals surface area contributed by atoms with Crippen LogP contribution in [-0.4, -0.2) is 29.2 Å². The fourth-order valence-corrected chi connectivity index (χ4v) is 4.58. The molecule has 5 nitrogen and oxygen atoms in total. The van der Waals surface area contributed by atoms with Gasteiger partial charge in [0.25, 0.3) is 5.56 Å². The Morgan fingerprint density at radius 1 is 0.969 bits per heavy atom. The fourth-order valence-electron chi connectivity index (χ4n) is 4.58. The second kappa shape index (κ2) is 7.84. The minimum absolute atomic E-state index is 0.254. The number of hydrogen-bond acceptors (Lipinski definition) is 4. The van der Waals surface area contributed by atoms with Gasteiger partial charge in [-0.05, 0) is 55.1 Å². The number of nitrogens with zero attached hydrogens (tertiary/aromatic N) is 2. The van der Waals surface area contributed by atoms with Crippen LogP contribution in [-0.2, 0) is 6.54 Å². The lowest BCUT2D eigenvalue weighted by atomic mass is 9.79. The standard InChI is InChI=1S/C25H22F2N4O/c1-31(2)13-14-4-3-5-16(10-14)21-23(15-6-8-17(26)9-7-15)28-20-12-18(27)11-19-22(20)24(21)29-30-25(19)32/h3-12,21,23,28H,13H2,1-2H3,(H,30,32). The maximum Gasteiger partial charge on any atom is 0.272 e. The Morgan fingerprint density at radius 3 is 2.50 bits per heavy atom. The van der Waals surface area contributed by atoms with Crippen molar-refractivity contribution in [2.75, 3.05) is 19.4 Å². The van der Waals surface area contributed by atoms with E-state index in [1.165, 1.54) is 24.3 Å². The van der Waals surface area contributed by atoms with Gasteiger partial charge < -0.3 is 10.2 Å². The Kier molecular flexibility index (Phi) is 4.98. The third kappa shape index (κ3) is 3.54. The third-order valence-corrected chi connectivity index (χ3v) is 5.86. The van der Waals surface area contributed by atoms with E-state index in [9.17, 15) is 13.6 Å². The lowest BCUT2D eigenvalue weighted by molar-refractivity contribution is 0.402. The average Bonchev–Trinajstić information content (AvgIpc) is 2.75. The van der Waals surface area contributed by atoms with Gasteiger partial charge in [-0.1, -0.05) is 36.4 Å². The molecule has 5 rings (SSSR count). The average molecular weight is 432 g/mol. The molecule has 2 heterocycles. The Labute approximate surface area is 183 Å². The molecule has 2 N–H and O–H groups in total. The fraction of sp³-hybridized carbons (Fsp3) is 0.200. The van der Waals surface area contributed by atoms with Crippen molar-refractivity contribution in [2.45, 2.75) is 18.5 Å². The van der Waals surface area contributed by atoms with E-state index < -0.39 is 11.4 Å². The van der Waals surface area contributed by atoms with Gasteiger partial charge in [-0.3, -0.25) is 4.79 Å². The molecule has 0 spiro atoms. The van der Waals surface area contributed by atoms with Crippen molar-refractivity contribution in [3.8, 4) is 0 Å². The highest BCUT2D eigenvalue weighted by atomic mass is 19.1. The van der Waals surface area contributed by atoms with E-state index in [1.807, 2.05) is 26.2 Å². The number of benzene rings is 3. The van der Waals surface area contributed by atoms with Crippen LogP contribution >= 0.6 is 0 Å². The van der Waals surface area contributed by atoms with Gasteiger partial charge >= 0.3 is 0 Å². The van der Waals surface area contributed by atoms with Crippen molar-refractivity contribution in [1.29, 1.82) is 0 Å². The molecule has 2 atom stereocenters. The van der Waals surface area contributed by atoms with Crippen molar-refractivity contribution in [3.63, 3.8) is 0 Å². The topological polar surface area (TPSA) is 61.0 Å². The molecule has 3 aromatic carbocycles. The van der Waals surface area contributed by atoms with Crippen LogP contribution in [0.2, 0.25) is 0 Å². The third-order valence-electron chi connectivity index (χ3n) is 5.86. The maximum atomic E-state index is 14.3. The zero-order chi connectivity index (χ0) is 22.4. The molecule has 0 radical (unpaired) electrons. The Bertz CT molecular complexity index is 1360. The normalized spacial score (nSPS) is 17.5. The van der Waals surface area contributed by atoms with Crippen LogP contribution in [0.25, 0.3) is 10.8 Å². The molecule has 0 saturated heterocycles. The number of aromatic nitrogens is 2. The molecule has 2 unspecified atom stereocenters. The lowest BCUT2D eigenvalue weighted by Gasteiger charge is -2.35. The lowest BCUT2D eigenvalue weighted by Crippen LogP contribution is -2.28. The summed E-state index contributed by atoms with van der Waals surface area (Å²) in [4.78, 5) is 14.5. The predicted octanol–water partition coefficient (Wildman–Crippen LogP) is 4.56. The van der Waals surface area contributed by atoms with Gasteiger partial charge in [-0.25, -0.2) is 13.9 Å². The Hall–Kier alpha value is -3.58. The predicted molar refractivity (Wildman–Crippen MR) is 121 cm³/mol. The number of anilines is 1. The second-order valence-electron chi connectivity index (χ2n) is 8.45. The summed E-state index contributed by atoms with van der Waals surface area (Å²) in [6.07, 6.45) is 0. The van der Waals surface area contributed by atoms with E-state index in [2.05, 4.69) is 32.5 Å². The quantitative estimate of drug-likeness (QED) is 0.496. The minimum Gasteiger partial charge on any atom is -0.377 e. The molecule has 0 amide bonds. The van der Waals surface area contributed by atoms with Crippen molar-refractivity contribution in [2.24, 2.45) is 0 Å². The molecule has 4 aromatic rings. The van der Waals surface area contributed by atoms with Crippen LogP contribution in [0.4, 0.5) is 14.5 Å². The number of nitrogens with one attached hydrogen (secondary N) is 2. The summed E-state index contributed by atoms with van der Waals surface area (Å²) in [5, 5.41) is 11.2. The number of rotatable bonds is 4. The number of halogens is 2. The van der Waals surface area contributed by atoms with Crippen molar-refractivity contribution in [3.05, 3.63) is 105 Å². The summed E-state index contributed by atoms with van der Waals surface area (Å²) in [5.41, 5.74) is 3.70. The summed E-state index contributed by atoms with van der Waals surface area (Å²) < 4.78 is 28.0. The van der Waals surface area contributed by atoms with Gasteiger partial charge in [0.15, 0.2) is 0 Å². The molecule has 162 valence electrons. The van der Waals surface area contributed by atoms with Crippen molar-refractivity contribution < 1.29 is 8.78 Å². The van der Waals surface area contributed by atoms with Gasteiger partial charge in [0.2, 0.25) is 0 Å². The zero-order valence-corrected chi connectivity index (χ0v) is 17.7. The first-order valence-corrected chi connectivity index (χ1v) is 10.4. The van der Waals surface area contributed by atoms with Crippen LogP contribution in [0.15, 0.2) is 65.5 Å². The monoisotopic (exact) mass is 432 g/mol. The van der Waals surface area contributed by atoms with Crippen LogP contribution in [0.3, 0.4) is 0 Å². The SMILES string of the molecule is CN(C)Cc1cccc(C2c3n[nH]c(=O)c4cc(F)cc(c34)NC2c2ccc(F)cc2)c1. The molecule has 0 bridgehead atoms. The molecule has 1 aromatic heterocycles. The molecule has 32 heavy (non-hydrogen) atoms. The molecule has 0 fully saturated rings. The first-order valence-electron chi connectivity index (χ1n) is 10.4. The molecule has 0 saturated carbocycles. The van der Waals surface area contributed by atoms with Crippen LogP contribution in [0.1, 0.15) is 34.3 Å². The Balaban J connectivity index is 1.76. The van der Waals surface area contributed by atoms with Crippen LogP contribution in [0.5, 0.6) is 0 Å². The van der Waals surface area contributed by atoms with E-state index in [4.69, 9.17) is 0 Å². The van der Waals surface area contributed by atoms with E-state index >= 15 is 0 Å². The van der Waals surface area contributed by atoms with E-state index in [0.717, 1.165) is 23.2 Å². The van der Waals surface area contributed by atoms with E-state index in [0.29, 0.717) is 16.8 Å². The first-order chi connectivity index (χ1) is 15.4. The van der Waals surface area contributed by atoms with Crippen LogP contribution < -0.4 is 10.9 Å². The van der Waals surface area contributed by atoms with Gasteiger partial charge in [0.1, 0.15) is 11.6 Å². The largest absolute Gasteiger partial charge is 0.377 e. The van der Waals surface area contributed by atoms with Crippen molar-refractivity contribution >= 4 is 16.5 Å². The van der Waals surface area contributed by atoms with E-state index in [-0.39, 0.29) is 23.2 Å². The van der Waals surface area contributed by atoms with Gasteiger partial charge in [-0.2, -0.15) is 5.10 Å². The zero-order valence-electron chi connectivity index (χ0n) is 17.7. The molecular formula is C25H22F2N4O. The number of aromatic amines is 1. The molecular weight excluding hydrogens is 410 g/mol. The van der Waals surface area contributed by atoms with Crippen LogP contribution in [0, 0.1) is 11.6 Å². The first kappa shape index (κ1) is 20.3. The molecule has 0 aliphatic carbocycles. The highest BCUT2D eigenvalue weighted by Gasteiger charge is 2.35. The van der Waals surface area contributed by atoms with Gasteiger partial charge in [0, 0.05) is 17.6 Å². The Morgan fingerprint density at radius 2 is 1.75 bits per heavy atom. The summed E-state index contributed by atoms with van der Waals surface area (Å²) in [6, 6.07) is 16.7. The number of H-pyrrole nitrogens is 1. The molecule has 1 aliphatic rings. The summed E-state index contributed by atoms with van der Waals surface area (Å²) in [6.45, 7) is 0.769.